The van der Waals surface area contributed by atoms with E-state index in [2.05, 4.69) is 5.32 Å². The Morgan fingerprint density at radius 1 is 1.11 bits per heavy atom. The number of carbonyl (C=O) groups is 2. The average Bonchev–Trinajstić information content (AvgIpc) is 2.69. The van der Waals surface area contributed by atoms with Crippen LogP contribution in [-0.4, -0.2) is 47.6 Å². The molecule has 2 N–H and O–H groups in total. The summed E-state index contributed by atoms with van der Waals surface area (Å²) in [5, 5.41) is 12.5. The van der Waals surface area contributed by atoms with Gasteiger partial charge in [-0.3, -0.25) is 9.59 Å². The SMILES string of the molecule is Cc1ccc(OCC(=O)N2CCC(NC(=O)c3cccc(O)c3)CC2)cc1C. The van der Waals surface area contributed by atoms with Crippen LogP contribution in [0.15, 0.2) is 42.5 Å². The molecule has 1 heterocycles. The fourth-order valence-electron chi connectivity index (χ4n) is 3.23. The zero-order valence-corrected chi connectivity index (χ0v) is 16.3. The van der Waals surface area contributed by atoms with Crippen LogP contribution < -0.4 is 10.1 Å². The smallest absolute Gasteiger partial charge is 0.260 e. The summed E-state index contributed by atoms with van der Waals surface area (Å²) < 4.78 is 5.63. The lowest BCUT2D eigenvalue weighted by Gasteiger charge is -2.32. The molecule has 2 aromatic rings. The molecule has 0 unspecified atom stereocenters. The van der Waals surface area contributed by atoms with E-state index in [1.54, 1.807) is 17.0 Å². The van der Waals surface area contributed by atoms with E-state index in [0.717, 1.165) is 5.56 Å². The standard InChI is InChI=1S/C22H26N2O4/c1-15-6-7-20(12-16(15)2)28-14-21(26)24-10-8-18(9-11-24)23-22(27)17-4-3-5-19(25)13-17/h3-7,12-13,18,25H,8-11,14H2,1-2H3,(H,23,27). The minimum Gasteiger partial charge on any atom is -0.508 e. The second-order valence-corrected chi connectivity index (χ2v) is 7.21. The molecule has 6 heteroatoms. The summed E-state index contributed by atoms with van der Waals surface area (Å²) in [7, 11) is 0. The number of carbonyl (C=O) groups excluding carboxylic acids is 2. The first kappa shape index (κ1) is 19.7. The second-order valence-electron chi connectivity index (χ2n) is 7.21. The number of amides is 2. The maximum absolute atomic E-state index is 12.4. The van der Waals surface area contributed by atoms with Crippen molar-refractivity contribution in [1.82, 2.24) is 10.2 Å². The molecule has 1 aliphatic heterocycles. The fraction of sp³-hybridized carbons (Fsp3) is 0.364. The molecular weight excluding hydrogens is 356 g/mol. The van der Waals surface area contributed by atoms with Gasteiger partial charge in [0.15, 0.2) is 6.61 Å². The lowest BCUT2D eigenvalue weighted by atomic mass is 10.0. The van der Waals surface area contributed by atoms with Crippen molar-refractivity contribution in [1.29, 1.82) is 0 Å². The van der Waals surface area contributed by atoms with Crippen LogP contribution in [0.4, 0.5) is 0 Å². The van der Waals surface area contributed by atoms with Crippen molar-refractivity contribution in [3.63, 3.8) is 0 Å². The van der Waals surface area contributed by atoms with E-state index in [0.29, 0.717) is 37.2 Å². The van der Waals surface area contributed by atoms with Gasteiger partial charge in [-0.25, -0.2) is 0 Å². The van der Waals surface area contributed by atoms with Gasteiger partial charge >= 0.3 is 0 Å². The van der Waals surface area contributed by atoms with Crippen LogP contribution in [0.3, 0.4) is 0 Å². The van der Waals surface area contributed by atoms with Crippen molar-refractivity contribution in [3.05, 3.63) is 59.2 Å². The van der Waals surface area contributed by atoms with Crippen molar-refractivity contribution in [2.24, 2.45) is 0 Å². The number of rotatable bonds is 5. The number of nitrogens with zero attached hydrogens (tertiary/aromatic N) is 1. The van der Waals surface area contributed by atoms with Crippen LogP contribution >= 0.6 is 0 Å². The number of hydrogen-bond donors (Lipinski definition) is 2. The van der Waals surface area contributed by atoms with Gasteiger partial charge in [0.25, 0.3) is 11.8 Å². The summed E-state index contributed by atoms with van der Waals surface area (Å²) in [6.07, 6.45) is 1.39. The summed E-state index contributed by atoms with van der Waals surface area (Å²) in [4.78, 5) is 26.4. The van der Waals surface area contributed by atoms with Gasteiger partial charge in [0, 0.05) is 24.7 Å². The Morgan fingerprint density at radius 2 is 1.86 bits per heavy atom. The first-order chi connectivity index (χ1) is 13.4. The average molecular weight is 382 g/mol. The molecule has 0 bridgehead atoms. The van der Waals surface area contributed by atoms with Gasteiger partial charge in [-0.2, -0.15) is 0 Å². The molecular formula is C22H26N2O4. The van der Waals surface area contributed by atoms with Gasteiger partial charge < -0.3 is 20.1 Å². The van der Waals surface area contributed by atoms with Crippen LogP contribution in [-0.2, 0) is 4.79 Å². The lowest BCUT2D eigenvalue weighted by molar-refractivity contribution is -0.134. The zero-order valence-electron chi connectivity index (χ0n) is 16.3. The summed E-state index contributed by atoms with van der Waals surface area (Å²) in [5.74, 6) is 0.510. The van der Waals surface area contributed by atoms with E-state index in [1.807, 2.05) is 32.0 Å². The number of hydrogen-bond acceptors (Lipinski definition) is 4. The van der Waals surface area contributed by atoms with Gasteiger partial charge in [-0.15, -0.1) is 0 Å². The van der Waals surface area contributed by atoms with E-state index < -0.39 is 0 Å². The molecule has 1 aliphatic rings. The third kappa shape index (κ3) is 5.03. The van der Waals surface area contributed by atoms with Gasteiger partial charge in [-0.05, 0) is 68.1 Å². The molecule has 148 valence electrons. The predicted octanol–water partition coefficient (Wildman–Crippen LogP) is 2.81. The van der Waals surface area contributed by atoms with Crippen molar-refractivity contribution < 1.29 is 19.4 Å². The van der Waals surface area contributed by atoms with Crippen molar-refractivity contribution >= 4 is 11.8 Å². The molecule has 0 spiro atoms. The van der Waals surface area contributed by atoms with E-state index in [-0.39, 0.29) is 30.2 Å². The number of benzene rings is 2. The first-order valence-electron chi connectivity index (χ1n) is 9.50. The van der Waals surface area contributed by atoms with Crippen LogP contribution in [0.1, 0.15) is 34.3 Å². The van der Waals surface area contributed by atoms with Gasteiger partial charge in [0.05, 0.1) is 0 Å². The summed E-state index contributed by atoms with van der Waals surface area (Å²) in [6.45, 7) is 5.23. The minimum absolute atomic E-state index is 0.0135. The molecule has 0 saturated carbocycles. The Labute approximate surface area is 165 Å². The molecule has 3 rings (SSSR count). The molecule has 1 saturated heterocycles. The quantitative estimate of drug-likeness (QED) is 0.834. The molecule has 28 heavy (non-hydrogen) atoms. The second kappa shape index (κ2) is 8.78. The van der Waals surface area contributed by atoms with Crippen molar-refractivity contribution in [2.75, 3.05) is 19.7 Å². The Balaban J connectivity index is 1.44. The lowest BCUT2D eigenvalue weighted by Crippen LogP contribution is -2.47. The van der Waals surface area contributed by atoms with Crippen LogP contribution in [0, 0.1) is 13.8 Å². The minimum atomic E-state index is -0.209. The maximum atomic E-state index is 12.4. The number of piperidine rings is 1. The normalized spacial score (nSPS) is 14.6. The predicted molar refractivity (Wildman–Crippen MR) is 107 cm³/mol. The fourth-order valence-corrected chi connectivity index (χ4v) is 3.23. The highest BCUT2D eigenvalue weighted by Crippen LogP contribution is 2.17. The van der Waals surface area contributed by atoms with E-state index in [9.17, 15) is 14.7 Å². The van der Waals surface area contributed by atoms with Gasteiger partial charge in [-0.1, -0.05) is 12.1 Å². The molecule has 2 aromatic carbocycles. The Hall–Kier alpha value is -3.02. The molecule has 0 radical (unpaired) electrons. The monoisotopic (exact) mass is 382 g/mol. The molecule has 0 aromatic heterocycles. The third-order valence-corrected chi connectivity index (χ3v) is 5.13. The molecule has 6 nitrogen and oxygen atoms in total. The van der Waals surface area contributed by atoms with E-state index >= 15 is 0 Å². The molecule has 2 amide bonds. The zero-order chi connectivity index (χ0) is 20.1. The highest BCUT2D eigenvalue weighted by Gasteiger charge is 2.24. The largest absolute Gasteiger partial charge is 0.508 e. The Morgan fingerprint density at radius 3 is 2.54 bits per heavy atom. The van der Waals surface area contributed by atoms with Crippen molar-refractivity contribution in [3.8, 4) is 11.5 Å². The number of aromatic hydroxyl groups is 1. The number of likely N-dealkylation sites (tertiary alicyclic amines) is 1. The number of phenolic OH excluding ortho intramolecular Hbond substituents is 1. The van der Waals surface area contributed by atoms with Crippen molar-refractivity contribution in [2.45, 2.75) is 32.7 Å². The van der Waals surface area contributed by atoms with Gasteiger partial charge in [0.2, 0.25) is 0 Å². The maximum Gasteiger partial charge on any atom is 0.260 e. The highest BCUT2D eigenvalue weighted by molar-refractivity contribution is 5.94. The Kier molecular flexibility index (Phi) is 6.19. The number of ether oxygens (including phenoxy) is 1. The van der Waals surface area contributed by atoms with E-state index in [4.69, 9.17) is 4.74 Å². The van der Waals surface area contributed by atoms with Crippen LogP contribution in [0.25, 0.3) is 0 Å². The third-order valence-electron chi connectivity index (χ3n) is 5.13. The summed E-state index contributed by atoms with van der Waals surface area (Å²) >= 11 is 0. The summed E-state index contributed by atoms with van der Waals surface area (Å²) in [5.41, 5.74) is 2.75. The number of phenols is 1. The molecule has 0 atom stereocenters. The summed E-state index contributed by atoms with van der Waals surface area (Å²) in [6, 6.07) is 12.1. The number of aryl methyl sites for hydroxylation is 2. The highest BCUT2D eigenvalue weighted by atomic mass is 16.5. The van der Waals surface area contributed by atoms with Crippen LogP contribution in [0.5, 0.6) is 11.5 Å². The first-order valence-corrected chi connectivity index (χ1v) is 9.50. The van der Waals surface area contributed by atoms with E-state index in [1.165, 1.54) is 17.7 Å². The molecule has 0 aliphatic carbocycles. The number of nitrogens with one attached hydrogen (secondary N) is 1. The molecule has 1 fully saturated rings. The topological polar surface area (TPSA) is 78.9 Å². The van der Waals surface area contributed by atoms with Gasteiger partial charge in [0.1, 0.15) is 11.5 Å². The van der Waals surface area contributed by atoms with Crippen LogP contribution in [0.2, 0.25) is 0 Å². The Bertz CT molecular complexity index is 857.